The monoisotopic (exact) mass is 277 g/mol. The Labute approximate surface area is 112 Å². The van der Waals surface area contributed by atoms with Crippen molar-refractivity contribution in [1.29, 1.82) is 0 Å². The van der Waals surface area contributed by atoms with E-state index in [9.17, 15) is 8.42 Å². The molecule has 5 nitrogen and oxygen atoms in total. The van der Waals surface area contributed by atoms with Gasteiger partial charge in [-0.1, -0.05) is 12.8 Å². The van der Waals surface area contributed by atoms with Gasteiger partial charge in [0, 0.05) is 20.6 Å². The van der Waals surface area contributed by atoms with Gasteiger partial charge in [0.2, 0.25) is 0 Å². The van der Waals surface area contributed by atoms with Crippen molar-refractivity contribution in [1.82, 2.24) is 13.9 Å². The lowest BCUT2D eigenvalue weighted by Crippen LogP contribution is -2.36. The molecule has 1 N–H and O–H groups in total. The van der Waals surface area contributed by atoms with Crippen LogP contribution in [0.1, 0.15) is 38.5 Å². The molecule has 0 aromatic rings. The number of likely N-dealkylation sites (tertiary alicyclic amines) is 1. The fourth-order valence-electron chi connectivity index (χ4n) is 2.15. The van der Waals surface area contributed by atoms with E-state index in [4.69, 9.17) is 0 Å². The van der Waals surface area contributed by atoms with Crippen LogP contribution in [0.4, 0.5) is 0 Å². The van der Waals surface area contributed by atoms with E-state index in [0.717, 1.165) is 12.8 Å². The maximum absolute atomic E-state index is 11.4. The van der Waals surface area contributed by atoms with Gasteiger partial charge in [0.25, 0.3) is 10.2 Å². The van der Waals surface area contributed by atoms with E-state index in [0.29, 0.717) is 6.54 Å². The van der Waals surface area contributed by atoms with Crippen LogP contribution in [0.2, 0.25) is 0 Å². The van der Waals surface area contributed by atoms with E-state index in [2.05, 4.69) is 9.62 Å². The first-order chi connectivity index (χ1) is 8.52. The molecule has 0 amide bonds. The minimum Gasteiger partial charge on any atom is -0.303 e. The van der Waals surface area contributed by atoms with E-state index in [1.54, 1.807) is 14.1 Å². The molecule has 1 aliphatic rings. The maximum atomic E-state index is 11.4. The molecule has 18 heavy (non-hydrogen) atoms. The summed E-state index contributed by atoms with van der Waals surface area (Å²) in [6.07, 6.45) is 7.23. The highest BCUT2D eigenvalue weighted by molar-refractivity contribution is 7.87. The smallest absolute Gasteiger partial charge is 0.278 e. The second-order valence-corrected chi connectivity index (χ2v) is 7.11. The quantitative estimate of drug-likeness (QED) is 0.675. The predicted octanol–water partition coefficient (Wildman–Crippen LogP) is 1.04. The zero-order valence-electron chi connectivity index (χ0n) is 11.7. The van der Waals surface area contributed by atoms with Gasteiger partial charge in [0.05, 0.1) is 0 Å². The predicted molar refractivity (Wildman–Crippen MR) is 74.8 cm³/mol. The van der Waals surface area contributed by atoms with Crippen molar-refractivity contribution in [3.63, 3.8) is 0 Å². The highest BCUT2D eigenvalue weighted by Gasteiger charge is 2.11. The number of rotatable bonds is 8. The van der Waals surface area contributed by atoms with Crippen LogP contribution >= 0.6 is 0 Å². The van der Waals surface area contributed by atoms with Gasteiger partial charge in [-0.3, -0.25) is 0 Å². The number of piperidine rings is 1. The molecular weight excluding hydrogens is 250 g/mol. The number of unbranched alkanes of at least 4 members (excludes halogenated alkanes) is 2. The van der Waals surface area contributed by atoms with Crippen LogP contribution in [0, 0.1) is 0 Å². The van der Waals surface area contributed by atoms with Crippen LogP contribution in [0.15, 0.2) is 0 Å². The molecule has 1 fully saturated rings. The van der Waals surface area contributed by atoms with E-state index in [1.165, 1.54) is 49.6 Å². The lowest BCUT2D eigenvalue weighted by molar-refractivity contribution is 0.224. The molecule has 1 heterocycles. The fraction of sp³-hybridized carbons (Fsp3) is 1.00. The summed E-state index contributed by atoms with van der Waals surface area (Å²) in [4.78, 5) is 2.52. The average Bonchev–Trinajstić information content (AvgIpc) is 2.34. The average molecular weight is 277 g/mol. The molecule has 0 unspecified atom stereocenters. The third-order valence-electron chi connectivity index (χ3n) is 3.36. The Morgan fingerprint density at radius 3 is 2.33 bits per heavy atom. The first kappa shape index (κ1) is 15.9. The molecule has 0 aromatic carbocycles. The second kappa shape index (κ2) is 8.09. The maximum Gasteiger partial charge on any atom is 0.278 e. The Morgan fingerprint density at radius 1 is 1.06 bits per heavy atom. The highest BCUT2D eigenvalue weighted by Crippen LogP contribution is 2.09. The first-order valence-corrected chi connectivity index (χ1v) is 8.36. The minimum absolute atomic E-state index is 0.542. The van der Waals surface area contributed by atoms with Crippen LogP contribution in [0.25, 0.3) is 0 Å². The molecular formula is C12H27N3O2S. The summed E-state index contributed by atoms with van der Waals surface area (Å²) in [5.74, 6) is 0. The lowest BCUT2D eigenvalue weighted by Gasteiger charge is -2.26. The van der Waals surface area contributed by atoms with E-state index in [-0.39, 0.29) is 0 Å². The normalized spacial score (nSPS) is 18.4. The van der Waals surface area contributed by atoms with Crippen molar-refractivity contribution in [3.8, 4) is 0 Å². The molecule has 1 saturated heterocycles. The molecule has 6 heteroatoms. The summed E-state index contributed by atoms with van der Waals surface area (Å²) in [6.45, 7) is 4.20. The molecule has 0 atom stereocenters. The molecule has 0 bridgehead atoms. The van der Waals surface area contributed by atoms with Gasteiger partial charge in [-0.2, -0.15) is 12.7 Å². The van der Waals surface area contributed by atoms with Gasteiger partial charge in [0.15, 0.2) is 0 Å². The number of nitrogens with one attached hydrogen (secondary N) is 1. The van der Waals surface area contributed by atoms with E-state index >= 15 is 0 Å². The second-order valence-electron chi connectivity index (χ2n) is 5.14. The van der Waals surface area contributed by atoms with Crippen molar-refractivity contribution >= 4 is 10.2 Å². The van der Waals surface area contributed by atoms with Crippen LogP contribution in [-0.2, 0) is 10.2 Å². The lowest BCUT2D eigenvalue weighted by atomic mass is 10.1. The van der Waals surface area contributed by atoms with Gasteiger partial charge >= 0.3 is 0 Å². The molecule has 0 aliphatic carbocycles. The molecule has 1 rings (SSSR count). The summed E-state index contributed by atoms with van der Waals surface area (Å²) >= 11 is 0. The Hall–Kier alpha value is -0.170. The SMILES string of the molecule is CN(C)S(=O)(=O)NCCCCCN1CCCCC1. The highest BCUT2D eigenvalue weighted by atomic mass is 32.2. The molecule has 1 aliphatic heterocycles. The molecule has 0 saturated carbocycles. The van der Waals surface area contributed by atoms with Gasteiger partial charge < -0.3 is 4.90 Å². The van der Waals surface area contributed by atoms with E-state index in [1.807, 2.05) is 0 Å². The Bertz CT molecular complexity index is 311. The van der Waals surface area contributed by atoms with Crippen molar-refractivity contribution in [3.05, 3.63) is 0 Å². The summed E-state index contributed by atoms with van der Waals surface area (Å²) in [7, 11) is -0.152. The van der Waals surface area contributed by atoms with Crippen molar-refractivity contribution in [2.75, 3.05) is 40.3 Å². The third kappa shape index (κ3) is 6.13. The standard InChI is InChI=1S/C12H27N3O2S/c1-14(2)18(16,17)13-9-5-3-6-10-15-11-7-4-8-12-15/h13H,3-12H2,1-2H3. The van der Waals surface area contributed by atoms with Crippen LogP contribution in [0.5, 0.6) is 0 Å². The zero-order chi connectivity index (χ0) is 13.4. The number of nitrogens with zero attached hydrogens (tertiary/aromatic N) is 2. The molecule has 0 spiro atoms. The Kier molecular flexibility index (Phi) is 7.14. The topological polar surface area (TPSA) is 52.7 Å². The molecule has 0 aromatic heterocycles. The van der Waals surface area contributed by atoms with Crippen molar-refractivity contribution in [2.45, 2.75) is 38.5 Å². The minimum atomic E-state index is -3.23. The summed E-state index contributed by atoms with van der Waals surface area (Å²) in [6, 6.07) is 0. The largest absolute Gasteiger partial charge is 0.303 e. The number of hydrogen-bond donors (Lipinski definition) is 1. The van der Waals surface area contributed by atoms with E-state index < -0.39 is 10.2 Å². The van der Waals surface area contributed by atoms with Crippen LogP contribution < -0.4 is 4.72 Å². The zero-order valence-corrected chi connectivity index (χ0v) is 12.5. The fourth-order valence-corrected chi connectivity index (χ4v) is 2.81. The molecule has 108 valence electrons. The van der Waals surface area contributed by atoms with Gasteiger partial charge in [-0.05, 0) is 45.3 Å². The number of hydrogen-bond acceptors (Lipinski definition) is 3. The van der Waals surface area contributed by atoms with Crippen molar-refractivity contribution in [2.24, 2.45) is 0 Å². The van der Waals surface area contributed by atoms with Gasteiger partial charge in [-0.15, -0.1) is 0 Å². The van der Waals surface area contributed by atoms with Crippen molar-refractivity contribution < 1.29 is 8.42 Å². The summed E-state index contributed by atoms with van der Waals surface area (Å²) in [5, 5.41) is 0. The Balaban J connectivity index is 1.98. The summed E-state index contributed by atoms with van der Waals surface area (Å²) < 4.78 is 26.6. The Morgan fingerprint density at radius 2 is 1.72 bits per heavy atom. The molecule has 0 radical (unpaired) electrons. The van der Waals surface area contributed by atoms with Crippen LogP contribution in [-0.4, -0.2) is 57.9 Å². The van der Waals surface area contributed by atoms with Gasteiger partial charge in [0.1, 0.15) is 0 Å². The van der Waals surface area contributed by atoms with Gasteiger partial charge in [-0.25, -0.2) is 4.72 Å². The van der Waals surface area contributed by atoms with Crippen LogP contribution in [0.3, 0.4) is 0 Å². The first-order valence-electron chi connectivity index (χ1n) is 6.92. The summed E-state index contributed by atoms with van der Waals surface area (Å²) in [5.41, 5.74) is 0. The third-order valence-corrected chi connectivity index (χ3v) is 4.90.